The number of benzene rings is 1. The predicted molar refractivity (Wildman–Crippen MR) is 136 cm³/mol. The zero-order valence-electron chi connectivity index (χ0n) is 19.5. The fraction of sp³-hybridized carbons (Fsp3) is 0.346. The van der Waals surface area contributed by atoms with E-state index in [2.05, 4.69) is 45.1 Å². The number of alkyl carbamates (subject to hydrolysis) is 1. The monoisotopic (exact) mass is 475 g/mol. The van der Waals surface area contributed by atoms with Gasteiger partial charge in [0.2, 0.25) is 0 Å². The summed E-state index contributed by atoms with van der Waals surface area (Å²) in [6.07, 6.45) is 8.09. The van der Waals surface area contributed by atoms with Gasteiger partial charge in [-0.2, -0.15) is 0 Å². The Hall–Kier alpha value is -3.39. The molecule has 1 saturated heterocycles. The zero-order chi connectivity index (χ0) is 23.5. The van der Waals surface area contributed by atoms with Crippen molar-refractivity contribution in [1.29, 1.82) is 0 Å². The first-order chi connectivity index (χ1) is 16.6. The molecule has 0 spiro atoms. The van der Waals surface area contributed by atoms with Crippen LogP contribution in [0, 0.1) is 6.92 Å². The first-order valence-electron chi connectivity index (χ1n) is 11.7. The van der Waals surface area contributed by atoms with Crippen LogP contribution in [-0.4, -0.2) is 39.7 Å². The largest absolute Gasteiger partial charge is 0.445 e. The smallest absolute Gasteiger partial charge is 0.407 e. The van der Waals surface area contributed by atoms with Crippen LogP contribution in [0.15, 0.2) is 55.0 Å². The molecule has 1 aromatic carbocycles. The zero-order valence-corrected chi connectivity index (χ0v) is 20.3. The molecule has 34 heavy (non-hydrogen) atoms. The summed E-state index contributed by atoms with van der Waals surface area (Å²) in [6, 6.07) is 11.8. The molecule has 0 saturated carbocycles. The van der Waals surface area contributed by atoms with Gasteiger partial charge in [0.1, 0.15) is 17.3 Å². The quantitative estimate of drug-likeness (QED) is 0.375. The van der Waals surface area contributed by atoms with E-state index in [9.17, 15) is 4.79 Å². The number of anilines is 1. The second-order valence-electron chi connectivity index (χ2n) is 8.88. The molecule has 1 amide bonds. The van der Waals surface area contributed by atoms with Gasteiger partial charge in [0.05, 0.1) is 16.6 Å². The Morgan fingerprint density at radius 2 is 2.12 bits per heavy atom. The van der Waals surface area contributed by atoms with Crippen LogP contribution in [0.5, 0.6) is 0 Å². The SMILES string of the molecule is CCC1(NC(=O)OCc2ccccc2)CCCN(c2ccnc3[nH]cc(-c4ncc(C)s4)c23)C1. The average Bonchev–Trinajstić information content (AvgIpc) is 3.49. The van der Waals surface area contributed by atoms with Crippen LogP contribution in [0.3, 0.4) is 0 Å². The van der Waals surface area contributed by atoms with Crippen molar-refractivity contribution in [2.24, 2.45) is 0 Å². The van der Waals surface area contributed by atoms with E-state index in [4.69, 9.17) is 4.74 Å². The van der Waals surface area contributed by atoms with E-state index in [1.165, 1.54) is 4.88 Å². The van der Waals surface area contributed by atoms with Gasteiger partial charge in [-0.3, -0.25) is 0 Å². The fourth-order valence-electron chi connectivity index (χ4n) is 4.74. The number of aryl methyl sites for hydroxylation is 1. The van der Waals surface area contributed by atoms with Crippen molar-refractivity contribution < 1.29 is 9.53 Å². The van der Waals surface area contributed by atoms with Crippen molar-refractivity contribution >= 4 is 34.2 Å². The molecule has 1 fully saturated rings. The molecule has 2 N–H and O–H groups in total. The van der Waals surface area contributed by atoms with E-state index >= 15 is 0 Å². The maximum Gasteiger partial charge on any atom is 0.407 e. The summed E-state index contributed by atoms with van der Waals surface area (Å²) in [5, 5.41) is 5.27. The number of carbonyl (C=O) groups is 1. The molecule has 1 aliphatic heterocycles. The van der Waals surface area contributed by atoms with Crippen molar-refractivity contribution in [2.75, 3.05) is 18.0 Å². The number of H-pyrrole nitrogens is 1. The number of fused-ring (bicyclic) bond motifs is 1. The van der Waals surface area contributed by atoms with Gasteiger partial charge in [0, 0.05) is 42.1 Å². The highest BCUT2D eigenvalue weighted by atomic mass is 32.1. The van der Waals surface area contributed by atoms with Crippen molar-refractivity contribution in [3.63, 3.8) is 0 Å². The van der Waals surface area contributed by atoms with Crippen LogP contribution in [-0.2, 0) is 11.3 Å². The van der Waals surface area contributed by atoms with Crippen molar-refractivity contribution in [3.8, 4) is 10.6 Å². The third-order valence-corrected chi connectivity index (χ3v) is 7.52. The molecule has 0 radical (unpaired) electrons. The van der Waals surface area contributed by atoms with Crippen molar-refractivity contribution in [3.05, 3.63) is 65.4 Å². The number of amides is 1. The van der Waals surface area contributed by atoms with E-state index in [0.29, 0.717) is 6.54 Å². The molecule has 4 heterocycles. The van der Waals surface area contributed by atoms with E-state index in [-0.39, 0.29) is 18.2 Å². The second kappa shape index (κ2) is 9.46. The molecule has 4 aromatic rings. The third-order valence-electron chi connectivity index (χ3n) is 6.58. The van der Waals surface area contributed by atoms with Crippen LogP contribution >= 0.6 is 11.3 Å². The maximum atomic E-state index is 12.7. The van der Waals surface area contributed by atoms with Crippen LogP contribution in [0.4, 0.5) is 10.5 Å². The number of piperidine rings is 1. The van der Waals surface area contributed by atoms with Gasteiger partial charge in [0.15, 0.2) is 0 Å². The molecular formula is C26H29N5O2S. The van der Waals surface area contributed by atoms with E-state index in [1.54, 1.807) is 11.3 Å². The third kappa shape index (κ3) is 4.50. The van der Waals surface area contributed by atoms with Gasteiger partial charge >= 0.3 is 6.09 Å². The number of hydrogen-bond acceptors (Lipinski definition) is 6. The Bertz CT molecular complexity index is 1280. The number of aromatic amines is 1. The summed E-state index contributed by atoms with van der Waals surface area (Å²) in [5.41, 5.74) is 3.66. The molecule has 8 heteroatoms. The van der Waals surface area contributed by atoms with Crippen molar-refractivity contribution in [2.45, 2.75) is 45.3 Å². The van der Waals surface area contributed by atoms with Gasteiger partial charge in [-0.1, -0.05) is 37.3 Å². The Morgan fingerprint density at radius 3 is 2.88 bits per heavy atom. The first kappa shape index (κ1) is 22.4. The minimum absolute atomic E-state index is 0.265. The number of aromatic nitrogens is 3. The minimum atomic E-state index is -0.368. The van der Waals surface area contributed by atoms with Crippen LogP contribution in [0.1, 0.15) is 36.6 Å². The highest BCUT2D eigenvalue weighted by Gasteiger charge is 2.36. The van der Waals surface area contributed by atoms with Gasteiger partial charge in [-0.25, -0.2) is 14.8 Å². The highest BCUT2D eigenvalue weighted by Crippen LogP contribution is 2.38. The van der Waals surface area contributed by atoms with Crippen LogP contribution in [0.2, 0.25) is 0 Å². The number of nitrogens with one attached hydrogen (secondary N) is 2. The summed E-state index contributed by atoms with van der Waals surface area (Å²) in [5.74, 6) is 0. The topological polar surface area (TPSA) is 83.1 Å². The highest BCUT2D eigenvalue weighted by molar-refractivity contribution is 7.15. The molecule has 1 aliphatic rings. The van der Waals surface area contributed by atoms with E-state index in [0.717, 1.165) is 58.7 Å². The van der Waals surface area contributed by atoms with Gasteiger partial charge in [-0.05, 0) is 37.8 Å². The average molecular weight is 476 g/mol. The summed E-state index contributed by atoms with van der Waals surface area (Å²) in [4.78, 5) is 28.7. The number of rotatable bonds is 6. The molecular weight excluding hydrogens is 446 g/mol. The molecule has 7 nitrogen and oxygen atoms in total. The number of hydrogen-bond donors (Lipinski definition) is 2. The predicted octanol–water partition coefficient (Wildman–Crippen LogP) is 5.67. The number of nitrogens with zero attached hydrogens (tertiary/aromatic N) is 3. The molecule has 3 aromatic heterocycles. The summed E-state index contributed by atoms with van der Waals surface area (Å²) < 4.78 is 5.55. The normalized spacial score (nSPS) is 18.2. The number of carbonyl (C=O) groups excluding carboxylic acids is 1. The number of ether oxygens (including phenoxy) is 1. The first-order valence-corrected chi connectivity index (χ1v) is 12.5. The molecule has 1 unspecified atom stereocenters. The molecule has 1 atom stereocenters. The lowest BCUT2D eigenvalue weighted by Gasteiger charge is -2.43. The lowest BCUT2D eigenvalue weighted by atomic mass is 9.86. The number of thiazole rings is 1. The summed E-state index contributed by atoms with van der Waals surface area (Å²) in [6.45, 7) is 6.09. The van der Waals surface area contributed by atoms with Crippen LogP contribution in [0.25, 0.3) is 21.6 Å². The van der Waals surface area contributed by atoms with E-state index < -0.39 is 0 Å². The lowest BCUT2D eigenvalue weighted by Crippen LogP contribution is -2.58. The number of pyridine rings is 1. The second-order valence-corrected chi connectivity index (χ2v) is 10.1. The molecule has 0 aliphatic carbocycles. The van der Waals surface area contributed by atoms with Crippen LogP contribution < -0.4 is 10.2 Å². The Morgan fingerprint density at radius 1 is 1.26 bits per heavy atom. The Balaban J connectivity index is 1.38. The minimum Gasteiger partial charge on any atom is -0.445 e. The summed E-state index contributed by atoms with van der Waals surface area (Å²) in [7, 11) is 0. The van der Waals surface area contributed by atoms with Gasteiger partial charge in [-0.15, -0.1) is 11.3 Å². The molecule has 176 valence electrons. The molecule has 5 rings (SSSR count). The Kier molecular flexibility index (Phi) is 6.24. The van der Waals surface area contributed by atoms with E-state index in [1.807, 2.05) is 48.9 Å². The fourth-order valence-corrected chi connectivity index (χ4v) is 5.53. The lowest BCUT2D eigenvalue weighted by molar-refractivity contribution is 0.121. The van der Waals surface area contributed by atoms with Crippen molar-refractivity contribution in [1.82, 2.24) is 20.3 Å². The van der Waals surface area contributed by atoms with Gasteiger partial charge in [0.25, 0.3) is 0 Å². The standard InChI is InChI=1S/C26H29N5O2S/c1-3-26(30-25(32)33-16-19-8-5-4-6-9-19)11-7-13-31(17-26)21-10-12-27-23-22(21)20(15-28-23)24-29-14-18(2)34-24/h4-6,8-10,12,14-15H,3,7,11,13,16-17H2,1-2H3,(H,27,28)(H,30,32). The van der Waals surface area contributed by atoms with Gasteiger partial charge < -0.3 is 19.9 Å². The maximum absolute atomic E-state index is 12.7. The molecule has 0 bridgehead atoms. The Labute approximate surface area is 203 Å². The summed E-state index contributed by atoms with van der Waals surface area (Å²) >= 11 is 1.68.